The van der Waals surface area contributed by atoms with E-state index in [1.54, 1.807) is 0 Å². The fourth-order valence-electron chi connectivity index (χ4n) is 5.39. The molecule has 2 aromatic carbocycles. The van der Waals surface area contributed by atoms with E-state index in [1.807, 2.05) is 30.3 Å². The molecule has 0 amide bonds. The summed E-state index contributed by atoms with van der Waals surface area (Å²) in [7, 11) is 0. The number of piperidine rings is 1. The number of rotatable bonds is 6. The molecule has 3 nitrogen and oxygen atoms in total. The van der Waals surface area contributed by atoms with Gasteiger partial charge in [-0.25, -0.2) is 0 Å². The van der Waals surface area contributed by atoms with Crippen molar-refractivity contribution in [2.24, 2.45) is 17.8 Å². The van der Waals surface area contributed by atoms with Gasteiger partial charge in [0.05, 0.1) is 5.60 Å². The SMILES string of the molecule is O[C@]1(c2ccc(OCc3ccccc3)cc2)[C@@H]2CCC[C@H]1CN(CC1CC1)C2. The normalized spacial score (nSPS) is 30.2. The second kappa shape index (κ2) is 7.53. The van der Waals surface area contributed by atoms with Gasteiger partial charge in [0.25, 0.3) is 0 Å². The van der Waals surface area contributed by atoms with Crippen molar-refractivity contribution in [3.63, 3.8) is 0 Å². The van der Waals surface area contributed by atoms with Gasteiger partial charge < -0.3 is 14.7 Å². The van der Waals surface area contributed by atoms with Crippen LogP contribution in [0.4, 0.5) is 0 Å². The van der Waals surface area contributed by atoms with Gasteiger partial charge in [-0.15, -0.1) is 0 Å². The second-order valence-corrected chi connectivity index (χ2v) is 9.11. The number of hydrogen-bond acceptors (Lipinski definition) is 3. The minimum absolute atomic E-state index is 0.356. The van der Waals surface area contributed by atoms with E-state index in [2.05, 4.69) is 29.2 Å². The zero-order valence-corrected chi connectivity index (χ0v) is 16.6. The highest BCUT2D eigenvalue weighted by molar-refractivity contribution is 5.33. The van der Waals surface area contributed by atoms with Crippen molar-refractivity contribution in [2.75, 3.05) is 19.6 Å². The first-order valence-corrected chi connectivity index (χ1v) is 10.9. The minimum Gasteiger partial charge on any atom is -0.489 e. The first-order valence-electron chi connectivity index (χ1n) is 10.9. The number of fused-ring (bicyclic) bond motifs is 2. The molecule has 0 radical (unpaired) electrons. The third-order valence-corrected chi connectivity index (χ3v) is 7.09. The van der Waals surface area contributed by atoms with Gasteiger partial charge in [-0.1, -0.05) is 48.9 Å². The number of likely N-dealkylation sites (tertiary alicyclic amines) is 1. The van der Waals surface area contributed by atoms with Crippen LogP contribution in [-0.2, 0) is 12.2 Å². The highest BCUT2D eigenvalue weighted by Crippen LogP contribution is 2.49. The van der Waals surface area contributed by atoms with E-state index in [0.29, 0.717) is 18.4 Å². The molecule has 3 aliphatic rings. The van der Waals surface area contributed by atoms with Crippen LogP contribution in [0.5, 0.6) is 5.75 Å². The monoisotopic (exact) mass is 377 g/mol. The second-order valence-electron chi connectivity index (χ2n) is 9.11. The molecule has 5 rings (SSSR count). The maximum Gasteiger partial charge on any atom is 0.119 e. The topological polar surface area (TPSA) is 32.7 Å². The lowest BCUT2D eigenvalue weighted by Crippen LogP contribution is -2.58. The summed E-state index contributed by atoms with van der Waals surface area (Å²) in [5.74, 6) is 2.50. The molecular formula is C25H31NO2. The molecule has 2 aliphatic carbocycles. The van der Waals surface area contributed by atoms with E-state index in [9.17, 15) is 5.11 Å². The van der Waals surface area contributed by atoms with Crippen molar-refractivity contribution in [2.45, 2.75) is 44.3 Å². The number of aliphatic hydroxyl groups is 1. The zero-order chi connectivity index (χ0) is 19.0. The Kier molecular flexibility index (Phi) is 4.90. The van der Waals surface area contributed by atoms with E-state index in [-0.39, 0.29) is 0 Å². The van der Waals surface area contributed by atoms with Crippen LogP contribution in [0.2, 0.25) is 0 Å². The Morgan fingerprint density at radius 3 is 2.21 bits per heavy atom. The largest absolute Gasteiger partial charge is 0.489 e. The summed E-state index contributed by atoms with van der Waals surface area (Å²) in [5.41, 5.74) is 1.58. The van der Waals surface area contributed by atoms with Crippen molar-refractivity contribution in [3.8, 4) is 5.75 Å². The molecule has 2 bridgehead atoms. The van der Waals surface area contributed by atoms with E-state index >= 15 is 0 Å². The van der Waals surface area contributed by atoms with Gasteiger partial charge in [-0.05, 0) is 54.9 Å². The van der Waals surface area contributed by atoms with Crippen molar-refractivity contribution in [1.82, 2.24) is 4.90 Å². The molecule has 2 aromatic rings. The van der Waals surface area contributed by atoms with Gasteiger partial charge in [-0.2, -0.15) is 0 Å². The van der Waals surface area contributed by atoms with Gasteiger partial charge in [0.2, 0.25) is 0 Å². The standard InChI is InChI=1S/C25H31NO2/c27-25(22-7-4-8-23(25)17-26(16-22)15-19-9-10-19)21-11-13-24(14-12-21)28-18-20-5-2-1-3-6-20/h1-3,5-6,11-14,19,22-23,27H,4,7-10,15-18H2/t22-,23+,25-. The van der Waals surface area contributed by atoms with Crippen LogP contribution in [0.3, 0.4) is 0 Å². The quantitative estimate of drug-likeness (QED) is 0.799. The van der Waals surface area contributed by atoms with Crippen molar-refractivity contribution < 1.29 is 9.84 Å². The predicted molar refractivity (Wildman–Crippen MR) is 111 cm³/mol. The molecule has 1 saturated heterocycles. The Morgan fingerprint density at radius 2 is 1.57 bits per heavy atom. The molecule has 0 aromatic heterocycles. The fourth-order valence-corrected chi connectivity index (χ4v) is 5.39. The fraction of sp³-hybridized carbons (Fsp3) is 0.520. The predicted octanol–water partition coefficient (Wildman–Crippen LogP) is 4.60. The molecule has 2 saturated carbocycles. The number of ether oxygens (including phenoxy) is 1. The summed E-state index contributed by atoms with van der Waals surface area (Å²) in [4.78, 5) is 2.64. The number of hydrogen-bond donors (Lipinski definition) is 1. The Morgan fingerprint density at radius 1 is 0.893 bits per heavy atom. The smallest absolute Gasteiger partial charge is 0.119 e. The lowest BCUT2D eigenvalue weighted by molar-refractivity contribution is -0.147. The summed E-state index contributed by atoms with van der Waals surface area (Å²) in [5, 5.41) is 11.8. The van der Waals surface area contributed by atoms with E-state index in [1.165, 1.54) is 31.4 Å². The van der Waals surface area contributed by atoms with Crippen LogP contribution in [0.25, 0.3) is 0 Å². The molecule has 0 unspecified atom stereocenters. The summed E-state index contributed by atoms with van der Waals surface area (Å²) in [6.07, 6.45) is 6.34. The Bertz CT molecular complexity index is 770. The summed E-state index contributed by atoms with van der Waals surface area (Å²) < 4.78 is 5.94. The number of nitrogens with zero attached hydrogens (tertiary/aromatic N) is 1. The molecule has 3 fully saturated rings. The highest BCUT2D eigenvalue weighted by Gasteiger charge is 2.51. The molecule has 148 valence electrons. The van der Waals surface area contributed by atoms with Gasteiger partial charge in [0.15, 0.2) is 0 Å². The number of benzene rings is 2. The average molecular weight is 378 g/mol. The Balaban J connectivity index is 1.29. The lowest BCUT2D eigenvalue weighted by Gasteiger charge is -2.53. The molecule has 3 heteroatoms. The van der Waals surface area contributed by atoms with Crippen LogP contribution in [0.15, 0.2) is 54.6 Å². The van der Waals surface area contributed by atoms with Gasteiger partial charge in [-0.3, -0.25) is 0 Å². The van der Waals surface area contributed by atoms with Crippen LogP contribution in [0.1, 0.15) is 43.2 Å². The molecule has 0 spiro atoms. The summed E-state index contributed by atoms with van der Waals surface area (Å²) in [6.45, 7) is 3.92. The third kappa shape index (κ3) is 3.58. The van der Waals surface area contributed by atoms with Gasteiger partial charge in [0.1, 0.15) is 12.4 Å². The van der Waals surface area contributed by atoms with Crippen LogP contribution >= 0.6 is 0 Å². The van der Waals surface area contributed by atoms with Crippen molar-refractivity contribution >= 4 is 0 Å². The zero-order valence-electron chi connectivity index (χ0n) is 16.6. The lowest BCUT2D eigenvalue weighted by atomic mass is 9.62. The van der Waals surface area contributed by atoms with Gasteiger partial charge in [0, 0.05) is 31.5 Å². The van der Waals surface area contributed by atoms with Crippen LogP contribution < -0.4 is 4.74 Å². The Labute approximate surface area is 168 Å². The summed E-state index contributed by atoms with van der Waals surface area (Å²) >= 11 is 0. The van der Waals surface area contributed by atoms with Crippen molar-refractivity contribution in [1.29, 1.82) is 0 Å². The first kappa shape index (κ1) is 18.2. The van der Waals surface area contributed by atoms with Crippen LogP contribution in [-0.4, -0.2) is 29.6 Å². The maximum atomic E-state index is 11.8. The molecule has 1 aliphatic heterocycles. The van der Waals surface area contributed by atoms with Crippen molar-refractivity contribution in [3.05, 3.63) is 65.7 Å². The molecular weight excluding hydrogens is 346 g/mol. The van der Waals surface area contributed by atoms with Crippen LogP contribution in [0, 0.1) is 17.8 Å². The molecule has 28 heavy (non-hydrogen) atoms. The van der Waals surface area contributed by atoms with E-state index in [4.69, 9.17) is 4.74 Å². The molecule has 3 atom stereocenters. The minimum atomic E-state index is -0.670. The maximum absolute atomic E-state index is 11.8. The Hall–Kier alpha value is -1.84. The molecule has 1 N–H and O–H groups in total. The highest BCUT2D eigenvalue weighted by atomic mass is 16.5. The van der Waals surface area contributed by atoms with Gasteiger partial charge >= 0.3 is 0 Å². The third-order valence-electron chi connectivity index (χ3n) is 7.09. The average Bonchev–Trinajstić information content (AvgIpc) is 3.52. The van der Waals surface area contributed by atoms with E-state index in [0.717, 1.165) is 43.2 Å². The summed E-state index contributed by atoms with van der Waals surface area (Å²) in [6, 6.07) is 18.5. The first-order chi connectivity index (χ1) is 13.7. The molecule has 1 heterocycles. The van der Waals surface area contributed by atoms with E-state index < -0.39 is 5.60 Å².